The molecule has 3 heteroatoms. The molecule has 3 nitrogen and oxygen atoms in total. The first kappa shape index (κ1) is 7.88. The molecular weight excluding hydrogens is 138 g/mol. The van der Waals surface area contributed by atoms with Crippen LogP contribution in [0.15, 0.2) is 18.3 Å². The van der Waals surface area contributed by atoms with Gasteiger partial charge >= 0.3 is 0 Å². The third-order valence-corrected chi connectivity index (χ3v) is 1.43. The van der Waals surface area contributed by atoms with Crippen molar-refractivity contribution in [1.82, 2.24) is 4.98 Å². The largest absolute Gasteiger partial charge is 0.325 e. The zero-order valence-corrected chi connectivity index (χ0v) is 6.46. The molecule has 0 saturated heterocycles. The summed E-state index contributed by atoms with van der Waals surface area (Å²) in [6.45, 7) is 2.21. The van der Waals surface area contributed by atoms with Gasteiger partial charge in [0.25, 0.3) is 0 Å². The van der Waals surface area contributed by atoms with E-state index < -0.39 is 0 Å². The van der Waals surface area contributed by atoms with E-state index in [1.54, 1.807) is 6.20 Å². The van der Waals surface area contributed by atoms with Crippen molar-refractivity contribution in [3.63, 3.8) is 0 Å². The van der Waals surface area contributed by atoms with Gasteiger partial charge in [-0.3, -0.25) is 4.98 Å². The second-order valence-electron chi connectivity index (χ2n) is 2.40. The minimum Gasteiger partial charge on any atom is -0.325 e. The fourth-order valence-electron chi connectivity index (χ4n) is 0.806. The minimum atomic E-state index is 0.246. The van der Waals surface area contributed by atoms with E-state index in [1.165, 1.54) is 0 Å². The number of hydrogen-bond donors (Lipinski definition) is 2. The Balaban J connectivity index is 2.96. The van der Waals surface area contributed by atoms with Crippen LogP contribution in [0, 0.1) is 12.3 Å². The number of nitrogens with two attached hydrogens (primary N) is 1. The maximum Gasteiger partial charge on any atom is 0.0853 e. The molecular formula is C8H11N3. The van der Waals surface area contributed by atoms with Crippen LogP contribution in [-0.4, -0.2) is 17.2 Å². The lowest BCUT2D eigenvalue weighted by atomic mass is 10.2. The maximum absolute atomic E-state index is 7.39. The molecule has 3 N–H and O–H groups in total. The standard InChI is InChI=1S/C8H11N3/c1-6-2-3-11-8(4-6)7(10)5-9/h2-4,10H,5,9H2,1H3. The minimum absolute atomic E-state index is 0.246. The zero-order chi connectivity index (χ0) is 8.27. The van der Waals surface area contributed by atoms with Crippen LogP contribution < -0.4 is 5.73 Å². The molecule has 0 radical (unpaired) electrons. The lowest BCUT2D eigenvalue weighted by Crippen LogP contribution is -2.14. The van der Waals surface area contributed by atoms with Crippen molar-refractivity contribution in [1.29, 1.82) is 5.41 Å². The van der Waals surface area contributed by atoms with Gasteiger partial charge in [-0.15, -0.1) is 0 Å². The summed E-state index contributed by atoms with van der Waals surface area (Å²) in [6.07, 6.45) is 1.69. The van der Waals surface area contributed by atoms with Gasteiger partial charge in [0, 0.05) is 12.7 Å². The predicted molar refractivity (Wildman–Crippen MR) is 44.9 cm³/mol. The van der Waals surface area contributed by atoms with E-state index in [0.29, 0.717) is 11.4 Å². The highest BCUT2D eigenvalue weighted by Crippen LogP contribution is 1.99. The Morgan fingerprint density at radius 2 is 2.45 bits per heavy atom. The van der Waals surface area contributed by atoms with Gasteiger partial charge in [-0.2, -0.15) is 0 Å². The molecule has 0 aliphatic carbocycles. The van der Waals surface area contributed by atoms with Crippen LogP contribution in [0.25, 0.3) is 0 Å². The number of nitrogens with one attached hydrogen (secondary N) is 1. The Kier molecular flexibility index (Phi) is 2.33. The van der Waals surface area contributed by atoms with Gasteiger partial charge in [-0.25, -0.2) is 0 Å². The van der Waals surface area contributed by atoms with Gasteiger partial charge in [0.1, 0.15) is 0 Å². The molecule has 0 spiro atoms. The first-order chi connectivity index (χ1) is 5.24. The molecule has 11 heavy (non-hydrogen) atoms. The first-order valence-corrected chi connectivity index (χ1v) is 3.44. The van der Waals surface area contributed by atoms with Gasteiger partial charge in [-0.05, 0) is 24.6 Å². The fraction of sp³-hybridized carbons (Fsp3) is 0.250. The highest BCUT2D eigenvalue weighted by molar-refractivity contribution is 5.97. The van der Waals surface area contributed by atoms with Crippen LogP contribution in [-0.2, 0) is 0 Å². The first-order valence-electron chi connectivity index (χ1n) is 3.44. The third kappa shape index (κ3) is 1.85. The lowest BCUT2D eigenvalue weighted by molar-refractivity contribution is 1.19. The van der Waals surface area contributed by atoms with Crippen molar-refractivity contribution >= 4 is 5.71 Å². The Bertz CT molecular complexity index is 268. The van der Waals surface area contributed by atoms with E-state index in [9.17, 15) is 0 Å². The molecule has 0 saturated carbocycles. The van der Waals surface area contributed by atoms with Crippen LogP contribution in [0.1, 0.15) is 11.3 Å². The molecule has 1 heterocycles. The summed E-state index contributed by atoms with van der Waals surface area (Å²) < 4.78 is 0. The van der Waals surface area contributed by atoms with Crippen LogP contribution in [0.5, 0.6) is 0 Å². The van der Waals surface area contributed by atoms with E-state index >= 15 is 0 Å². The molecule has 0 amide bonds. The average molecular weight is 149 g/mol. The summed E-state index contributed by atoms with van der Waals surface area (Å²) >= 11 is 0. The van der Waals surface area contributed by atoms with E-state index in [0.717, 1.165) is 5.56 Å². The summed E-state index contributed by atoms with van der Waals surface area (Å²) in [4.78, 5) is 4.01. The SMILES string of the molecule is Cc1ccnc(C(=N)CN)c1. The second-order valence-corrected chi connectivity index (χ2v) is 2.40. The molecule has 1 aromatic heterocycles. The molecule has 1 aromatic rings. The Morgan fingerprint density at radius 1 is 1.73 bits per heavy atom. The molecule has 0 atom stereocenters. The van der Waals surface area contributed by atoms with Crippen LogP contribution in [0.4, 0.5) is 0 Å². The van der Waals surface area contributed by atoms with Gasteiger partial charge in [-0.1, -0.05) is 0 Å². The Labute approximate surface area is 65.8 Å². The number of aromatic nitrogens is 1. The number of nitrogens with zero attached hydrogens (tertiary/aromatic N) is 1. The fourth-order valence-corrected chi connectivity index (χ4v) is 0.806. The average Bonchev–Trinajstić information content (AvgIpc) is 2.03. The van der Waals surface area contributed by atoms with Crippen LogP contribution in [0.3, 0.4) is 0 Å². The van der Waals surface area contributed by atoms with E-state index in [4.69, 9.17) is 11.1 Å². The molecule has 0 aliphatic rings. The van der Waals surface area contributed by atoms with Crippen LogP contribution in [0.2, 0.25) is 0 Å². The summed E-state index contributed by atoms with van der Waals surface area (Å²) in [7, 11) is 0. The smallest absolute Gasteiger partial charge is 0.0853 e. The summed E-state index contributed by atoms with van der Waals surface area (Å²) in [5.74, 6) is 0. The van der Waals surface area contributed by atoms with E-state index in [1.807, 2.05) is 19.1 Å². The number of aryl methyl sites for hydroxylation is 1. The maximum atomic E-state index is 7.39. The lowest BCUT2D eigenvalue weighted by Gasteiger charge is -1.99. The van der Waals surface area contributed by atoms with Crippen molar-refractivity contribution in [2.45, 2.75) is 6.92 Å². The topological polar surface area (TPSA) is 62.8 Å². The molecule has 0 aliphatic heterocycles. The van der Waals surface area contributed by atoms with Crippen molar-refractivity contribution in [2.24, 2.45) is 5.73 Å². The van der Waals surface area contributed by atoms with E-state index in [2.05, 4.69) is 4.98 Å². The van der Waals surface area contributed by atoms with Crippen molar-refractivity contribution in [2.75, 3.05) is 6.54 Å². The number of pyridine rings is 1. The van der Waals surface area contributed by atoms with E-state index in [-0.39, 0.29) is 6.54 Å². The molecule has 0 unspecified atom stereocenters. The monoisotopic (exact) mass is 149 g/mol. The highest BCUT2D eigenvalue weighted by Gasteiger charge is 1.98. The highest BCUT2D eigenvalue weighted by atomic mass is 14.7. The third-order valence-electron chi connectivity index (χ3n) is 1.43. The molecule has 0 bridgehead atoms. The number of hydrogen-bond acceptors (Lipinski definition) is 3. The van der Waals surface area contributed by atoms with Gasteiger partial charge in [0.05, 0.1) is 11.4 Å². The van der Waals surface area contributed by atoms with Crippen molar-refractivity contribution in [3.05, 3.63) is 29.6 Å². The quantitative estimate of drug-likeness (QED) is 0.608. The van der Waals surface area contributed by atoms with Crippen LogP contribution >= 0.6 is 0 Å². The summed E-state index contributed by atoms with van der Waals surface area (Å²) in [5, 5.41) is 7.39. The normalized spacial score (nSPS) is 9.64. The Hall–Kier alpha value is -1.22. The molecule has 1 rings (SSSR count). The summed E-state index contributed by atoms with van der Waals surface area (Å²) in [5.41, 5.74) is 7.45. The Morgan fingerprint density at radius 3 is 3.00 bits per heavy atom. The van der Waals surface area contributed by atoms with Gasteiger partial charge in [0.2, 0.25) is 0 Å². The molecule has 0 fully saturated rings. The van der Waals surface area contributed by atoms with Gasteiger partial charge < -0.3 is 11.1 Å². The molecule has 58 valence electrons. The summed E-state index contributed by atoms with van der Waals surface area (Å²) in [6, 6.07) is 3.75. The second kappa shape index (κ2) is 3.25. The van der Waals surface area contributed by atoms with Crippen molar-refractivity contribution < 1.29 is 0 Å². The number of rotatable bonds is 2. The zero-order valence-electron chi connectivity index (χ0n) is 6.46. The predicted octanol–water partition coefficient (Wildman–Crippen LogP) is 0.717. The van der Waals surface area contributed by atoms with Gasteiger partial charge in [0.15, 0.2) is 0 Å². The van der Waals surface area contributed by atoms with Crippen molar-refractivity contribution in [3.8, 4) is 0 Å². The molecule has 0 aromatic carbocycles.